The molecular formula is C25H34ClN3O2. The van der Waals surface area contributed by atoms with Crippen LogP contribution in [-0.4, -0.2) is 49.6 Å². The average molecular weight is 444 g/mol. The summed E-state index contributed by atoms with van der Waals surface area (Å²) in [6.07, 6.45) is 0. The van der Waals surface area contributed by atoms with Gasteiger partial charge in [0, 0.05) is 31.9 Å². The van der Waals surface area contributed by atoms with Crippen LogP contribution in [0.15, 0.2) is 42.5 Å². The number of piperazine rings is 1. The molecule has 1 saturated heterocycles. The molecule has 0 radical (unpaired) electrons. The number of likely N-dealkylation sites (N-methyl/N-ethyl adjacent to an activating group) is 1. The highest BCUT2D eigenvalue weighted by Gasteiger charge is 2.30. The fraction of sp³-hybridized carbons (Fsp3) is 0.480. The largest absolute Gasteiger partial charge is 0.478 e. The second-order valence-corrected chi connectivity index (χ2v) is 10.2. The van der Waals surface area contributed by atoms with Crippen LogP contribution in [0.4, 0.5) is 11.4 Å². The molecule has 2 aromatic carbocycles. The Labute approximate surface area is 191 Å². The Morgan fingerprint density at radius 3 is 2.13 bits per heavy atom. The smallest absolute Gasteiger partial charge is 0.267 e. The summed E-state index contributed by atoms with van der Waals surface area (Å²) < 4.78 is 6.00. The van der Waals surface area contributed by atoms with Crippen molar-refractivity contribution in [1.82, 2.24) is 4.90 Å². The lowest BCUT2D eigenvalue weighted by Crippen LogP contribution is -2.44. The summed E-state index contributed by atoms with van der Waals surface area (Å²) in [6.45, 7) is 13.9. The zero-order chi connectivity index (χ0) is 22.8. The molecule has 0 aliphatic carbocycles. The molecule has 31 heavy (non-hydrogen) atoms. The fourth-order valence-electron chi connectivity index (χ4n) is 3.53. The highest BCUT2D eigenvalue weighted by atomic mass is 35.5. The van der Waals surface area contributed by atoms with E-state index >= 15 is 0 Å². The van der Waals surface area contributed by atoms with Gasteiger partial charge in [0.15, 0.2) is 5.60 Å². The minimum Gasteiger partial charge on any atom is -0.478 e. The van der Waals surface area contributed by atoms with Gasteiger partial charge in [0.2, 0.25) is 0 Å². The van der Waals surface area contributed by atoms with Crippen molar-refractivity contribution in [3.63, 3.8) is 0 Å². The number of rotatable bonds is 5. The second-order valence-electron chi connectivity index (χ2n) is 9.80. The summed E-state index contributed by atoms with van der Waals surface area (Å²) in [5.41, 5.74) is 1.92. The predicted molar refractivity (Wildman–Crippen MR) is 130 cm³/mol. The molecule has 0 saturated carbocycles. The maximum atomic E-state index is 12.9. The minimum atomic E-state index is -1.04. The molecule has 1 fully saturated rings. The van der Waals surface area contributed by atoms with E-state index in [1.807, 2.05) is 36.4 Å². The summed E-state index contributed by atoms with van der Waals surface area (Å²) in [7, 11) is 2.13. The van der Waals surface area contributed by atoms with E-state index in [1.54, 1.807) is 19.9 Å². The fourth-order valence-corrected chi connectivity index (χ4v) is 3.83. The van der Waals surface area contributed by atoms with E-state index in [9.17, 15) is 4.79 Å². The molecular weight excluding hydrogens is 410 g/mol. The number of carbonyl (C=O) groups is 1. The third kappa shape index (κ3) is 5.92. The van der Waals surface area contributed by atoms with Crippen LogP contribution in [0.2, 0.25) is 5.02 Å². The van der Waals surface area contributed by atoms with Gasteiger partial charge < -0.3 is 19.9 Å². The van der Waals surface area contributed by atoms with Crippen molar-refractivity contribution in [3.05, 3.63) is 53.1 Å². The van der Waals surface area contributed by atoms with Crippen LogP contribution >= 0.6 is 11.6 Å². The van der Waals surface area contributed by atoms with E-state index in [0.717, 1.165) is 31.9 Å². The molecule has 168 valence electrons. The number of anilines is 2. The average Bonchev–Trinajstić information content (AvgIpc) is 2.68. The number of ether oxygens (including phenoxy) is 1. The van der Waals surface area contributed by atoms with Gasteiger partial charge in [0.25, 0.3) is 5.91 Å². The Bertz CT molecular complexity index is 911. The van der Waals surface area contributed by atoms with E-state index in [1.165, 1.54) is 5.56 Å². The number of halogens is 1. The first-order chi connectivity index (χ1) is 14.5. The summed E-state index contributed by atoms with van der Waals surface area (Å²) in [4.78, 5) is 17.5. The molecule has 0 aromatic heterocycles. The molecule has 1 heterocycles. The summed E-state index contributed by atoms with van der Waals surface area (Å²) in [6, 6.07) is 13.6. The van der Waals surface area contributed by atoms with E-state index in [4.69, 9.17) is 16.3 Å². The molecule has 1 aliphatic heterocycles. The molecule has 0 bridgehead atoms. The van der Waals surface area contributed by atoms with Crippen LogP contribution < -0.4 is 15.0 Å². The molecule has 1 amide bonds. The van der Waals surface area contributed by atoms with E-state index in [2.05, 4.69) is 42.9 Å². The SMILES string of the molecule is CN1CCN(c2ccc(NC(=O)C(C)(C)Oc3ccc(C(C)(C)C)cc3)cc2Cl)CC1. The van der Waals surface area contributed by atoms with Gasteiger partial charge in [-0.15, -0.1) is 0 Å². The third-order valence-corrected chi connectivity index (χ3v) is 5.99. The number of nitrogens with one attached hydrogen (secondary N) is 1. The highest BCUT2D eigenvalue weighted by Crippen LogP contribution is 2.31. The molecule has 5 nitrogen and oxygen atoms in total. The molecule has 0 spiro atoms. The van der Waals surface area contributed by atoms with Gasteiger partial charge in [-0.05, 0) is 62.2 Å². The minimum absolute atomic E-state index is 0.0704. The maximum Gasteiger partial charge on any atom is 0.267 e. The topological polar surface area (TPSA) is 44.8 Å². The Hall–Kier alpha value is -2.24. The number of hydrogen-bond donors (Lipinski definition) is 1. The zero-order valence-electron chi connectivity index (χ0n) is 19.5. The zero-order valence-corrected chi connectivity index (χ0v) is 20.2. The van der Waals surface area contributed by atoms with Gasteiger partial charge in [0.05, 0.1) is 10.7 Å². The van der Waals surface area contributed by atoms with Crippen LogP contribution in [0.3, 0.4) is 0 Å². The second kappa shape index (κ2) is 9.09. The first kappa shape index (κ1) is 23.4. The lowest BCUT2D eigenvalue weighted by atomic mass is 9.87. The molecule has 0 atom stereocenters. The van der Waals surface area contributed by atoms with E-state index < -0.39 is 5.60 Å². The summed E-state index contributed by atoms with van der Waals surface area (Å²) >= 11 is 6.54. The molecule has 1 aliphatic rings. The number of hydrogen-bond acceptors (Lipinski definition) is 4. The third-order valence-electron chi connectivity index (χ3n) is 5.69. The lowest BCUT2D eigenvalue weighted by Gasteiger charge is -2.34. The van der Waals surface area contributed by atoms with Crippen LogP contribution in [-0.2, 0) is 10.2 Å². The van der Waals surface area contributed by atoms with Gasteiger partial charge >= 0.3 is 0 Å². The highest BCUT2D eigenvalue weighted by molar-refractivity contribution is 6.33. The first-order valence-electron chi connectivity index (χ1n) is 10.8. The van der Waals surface area contributed by atoms with Crippen molar-refractivity contribution in [2.24, 2.45) is 0 Å². The first-order valence-corrected chi connectivity index (χ1v) is 11.2. The molecule has 0 unspecified atom stereocenters. The van der Waals surface area contributed by atoms with Gasteiger partial charge in [-0.1, -0.05) is 44.5 Å². The van der Waals surface area contributed by atoms with Crippen molar-refractivity contribution in [2.45, 2.75) is 45.6 Å². The van der Waals surface area contributed by atoms with Crippen molar-refractivity contribution in [1.29, 1.82) is 0 Å². The quantitative estimate of drug-likeness (QED) is 0.691. The van der Waals surface area contributed by atoms with Crippen molar-refractivity contribution >= 4 is 28.9 Å². The summed E-state index contributed by atoms with van der Waals surface area (Å²) in [5.74, 6) is 0.437. The van der Waals surface area contributed by atoms with E-state index in [0.29, 0.717) is 16.5 Å². The number of nitrogens with zero attached hydrogens (tertiary/aromatic N) is 2. The Morgan fingerprint density at radius 2 is 1.58 bits per heavy atom. The van der Waals surface area contributed by atoms with Crippen molar-refractivity contribution in [2.75, 3.05) is 43.4 Å². The standard InChI is InChI=1S/C25H34ClN3O2/c1-24(2,3)18-7-10-20(11-8-18)31-25(4,5)23(30)27-19-9-12-22(21(26)17-19)29-15-13-28(6)14-16-29/h7-12,17H,13-16H2,1-6H3,(H,27,30). The Morgan fingerprint density at radius 1 is 0.968 bits per heavy atom. The van der Waals surface area contributed by atoms with Crippen molar-refractivity contribution < 1.29 is 9.53 Å². The van der Waals surface area contributed by atoms with Crippen LogP contribution in [0.25, 0.3) is 0 Å². The molecule has 3 rings (SSSR count). The number of carbonyl (C=O) groups excluding carboxylic acids is 1. The molecule has 6 heteroatoms. The van der Waals surface area contributed by atoms with Crippen LogP contribution in [0, 0.1) is 0 Å². The van der Waals surface area contributed by atoms with Gasteiger partial charge in [0.1, 0.15) is 5.75 Å². The van der Waals surface area contributed by atoms with Crippen LogP contribution in [0.5, 0.6) is 5.75 Å². The number of benzene rings is 2. The van der Waals surface area contributed by atoms with Crippen LogP contribution in [0.1, 0.15) is 40.2 Å². The van der Waals surface area contributed by atoms with Gasteiger partial charge in [-0.25, -0.2) is 0 Å². The van der Waals surface area contributed by atoms with Crippen molar-refractivity contribution in [3.8, 4) is 5.75 Å². The normalized spacial score (nSPS) is 15.6. The molecule has 2 aromatic rings. The lowest BCUT2D eigenvalue weighted by molar-refractivity contribution is -0.128. The predicted octanol–water partition coefficient (Wildman–Crippen LogP) is 5.19. The van der Waals surface area contributed by atoms with Gasteiger partial charge in [-0.2, -0.15) is 0 Å². The Balaban J connectivity index is 1.65. The Kier molecular flexibility index (Phi) is 6.87. The van der Waals surface area contributed by atoms with E-state index in [-0.39, 0.29) is 11.3 Å². The molecule has 1 N–H and O–H groups in total. The van der Waals surface area contributed by atoms with Gasteiger partial charge in [-0.3, -0.25) is 4.79 Å². The summed E-state index contributed by atoms with van der Waals surface area (Å²) in [5, 5.41) is 3.58. The number of amides is 1. The monoisotopic (exact) mass is 443 g/mol. The maximum absolute atomic E-state index is 12.9.